The van der Waals surface area contributed by atoms with Gasteiger partial charge in [-0.1, -0.05) is 50.1 Å². The second-order valence-corrected chi connectivity index (χ2v) is 11.7. The molecule has 4 N–H and O–H groups in total. The van der Waals surface area contributed by atoms with E-state index in [9.17, 15) is 14.4 Å². The fourth-order valence-corrected chi connectivity index (χ4v) is 6.15. The van der Waals surface area contributed by atoms with Crippen molar-refractivity contribution < 1.29 is 19.1 Å². The number of rotatable bonds is 10. The Morgan fingerprint density at radius 2 is 1.68 bits per heavy atom. The summed E-state index contributed by atoms with van der Waals surface area (Å²) in [5, 5.41) is 6.10. The van der Waals surface area contributed by atoms with Crippen molar-refractivity contribution in [2.45, 2.75) is 64.2 Å². The van der Waals surface area contributed by atoms with E-state index in [-0.39, 0.29) is 23.8 Å². The molecule has 204 valence electrons. The van der Waals surface area contributed by atoms with Gasteiger partial charge < -0.3 is 26.0 Å². The zero-order valence-corrected chi connectivity index (χ0v) is 22.3. The average molecular weight is 513 g/mol. The largest absolute Gasteiger partial charge is 0.381 e. The number of ether oxygens (including phenoxy) is 1. The molecule has 4 rings (SSSR count). The summed E-state index contributed by atoms with van der Waals surface area (Å²) < 4.78 is 5.50. The van der Waals surface area contributed by atoms with Crippen LogP contribution in [0.15, 0.2) is 30.3 Å². The molecule has 8 heteroatoms. The Balaban J connectivity index is 1.32. The molecule has 0 unspecified atom stereocenters. The van der Waals surface area contributed by atoms with Gasteiger partial charge in [-0.2, -0.15) is 0 Å². The van der Waals surface area contributed by atoms with Crippen molar-refractivity contribution in [1.82, 2.24) is 15.5 Å². The van der Waals surface area contributed by atoms with Gasteiger partial charge in [-0.25, -0.2) is 0 Å². The third-order valence-corrected chi connectivity index (χ3v) is 8.96. The summed E-state index contributed by atoms with van der Waals surface area (Å²) in [6.45, 7) is 8.03. The molecule has 0 radical (unpaired) electrons. The Bertz CT molecular complexity index is 917. The number of nitrogens with zero attached hydrogens (tertiary/aromatic N) is 1. The lowest BCUT2D eigenvalue weighted by Crippen LogP contribution is -2.50. The Morgan fingerprint density at radius 3 is 2.30 bits per heavy atom. The molecule has 2 aliphatic heterocycles. The van der Waals surface area contributed by atoms with Crippen LogP contribution in [0.25, 0.3) is 0 Å². The maximum Gasteiger partial charge on any atom is 0.235 e. The van der Waals surface area contributed by atoms with Crippen LogP contribution in [0.1, 0.15) is 69.8 Å². The van der Waals surface area contributed by atoms with Gasteiger partial charge in [0.15, 0.2) is 0 Å². The van der Waals surface area contributed by atoms with Gasteiger partial charge in [0.2, 0.25) is 17.7 Å². The zero-order valence-electron chi connectivity index (χ0n) is 22.3. The van der Waals surface area contributed by atoms with Gasteiger partial charge in [-0.15, -0.1) is 0 Å². The van der Waals surface area contributed by atoms with Gasteiger partial charge in [0.25, 0.3) is 0 Å². The highest BCUT2D eigenvalue weighted by Gasteiger charge is 2.46. The van der Waals surface area contributed by atoms with E-state index in [1.54, 1.807) is 0 Å². The van der Waals surface area contributed by atoms with Crippen LogP contribution in [0.5, 0.6) is 0 Å². The monoisotopic (exact) mass is 512 g/mol. The SMILES string of the molecule is CC1(CNC(=O)[C@H](CNC(=O)C2(C(N)=O)CCCC2)c2ccccc2)CCN(CC2CCOCC2)CC1. The van der Waals surface area contributed by atoms with E-state index in [2.05, 4.69) is 22.5 Å². The molecule has 8 nitrogen and oxygen atoms in total. The number of amides is 3. The molecule has 1 aliphatic carbocycles. The minimum absolute atomic E-state index is 0.0478. The summed E-state index contributed by atoms with van der Waals surface area (Å²) in [5.41, 5.74) is 5.37. The first-order chi connectivity index (χ1) is 17.8. The predicted octanol–water partition coefficient (Wildman–Crippen LogP) is 2.58. The van der Waals surface area contributed by atoms with Gasteiger partial charge in [0, 0.05) is 32.8 Å². The zero-order chi connectivity index (χ0) is 26.3. The maximum atomic E-state index is 13.4. The van der Waals surface area contributed by atoms with Gasteiger partial charge in [0.05, 0.1) is 5.92 Å². The van der Waals surface area contributed by atoms with E-state index in [0.29, 0.717) is 19.4 Å². The molecule has 2 saturated heterocycles. The number of hydrogen-bond acceptors (Lipinski definition) is 5. The van der Waals surface area contributed by atoms with Crippen molar-refractivity contribution in [3.8, 4) is 0 Å². The number of piperidine rings is 1. The van der Waals surface area contributed by atoms with Crippen LogP contribution in [0.4, 0.5) is 0 Å². The number of nitrogens with one attached hydrogen (secondary N) is 2. The topological polar surface area (TPSA) is 114 Å². The molecular formula is C29H44N4O4. The standard InChI is InChI=1S/C29H44N4O4/c1-28(13-15-33(16-14-28)20-22-9-17-37-18-10-22)21-32-25(34)24(23-7-3-2-4-8-23)19-31-27(36)29(26(30)35)11-5-6-12-29/h2-4,7-8,22,24H,5-6,9-21H2,1H3,(H2,30,35)(H,31,36)(H,32,34)/t24-/m1/s1. The summed E-state index contributed by atoms with van der Waals surface area (Å²) in [4.78, 5) is 41.2. The van der Waals surface area contributed by atoms with E-state index in [1.807, 2.05) is 30.3 Å². The average Bonchev–Trinajstić information content (AvgIpc) is 3.42. The van der Waals surface area contributed by atoms with Crippen LogP contribution in [0.2, 0.25) is 0 Å². The second-order valence-electron chi connectivity index (χ2n) is 11.7. The van der Waals surface area contributed by atoms with E-state index in [1.165, 1.54) is 0 Å². The number of carbonyl (C=O) groups excluding carboxylic acids is 3. The van der Waals surface area contributed by atoms with Crippen molar-refractivity contribution in [3.63, 3.8) is 0 Å². The second kappa shape index (κ2) is 12.4. The van der Waals surface area contributed by atoms with E-state index >= 15 is 0 Å². The molecule has 0 aromatic heterocycles. The highest BCUT2D eigenvalue weighted by Crippen LogP contribution is 2.38. The molecule has 2 heterocycles. The van der Waals surface area contributed by atoms with Crippen LogP contribution in [-0.2, 0) is 19.1 Å². The molecule has 0 bridgehead atoms. The Labute approximate surface area is 221 Å². The molecule has 3 fully saturated rings. The molecular weight excluding hydrogens is 468 g/mol. The molecule has 0 spiro atoms. The number of hydrogen-bond donors (Lipinski definition) is 3. The summed E-state index contributed by atoms with van der Waals surface area (Å²) in [6, 6.07) is 9.52. The Kier molecular flexibility index (Phi) is 9.24. The molecule has 37 heavy (non-hydrogen) atoms. The molecule has 3 amide bonds. The van der Waals surface area contributed by atoms with Gasteiger partial charge in [-0.05, 0) is 68.5 Å². The van der Waals surface area contributed by atoms with Crippen molar-refractivity contribution in [1.29, 1.82) is 0 Å². The maximum absolute atomic E-state index is 13.4. The van der Waals surface area contributed by atoms with Crippen LogP contribution in [-0.4, -0.2) is 68.6 Å². The summed E-state index contributed by atoms with van der Waals surface area (Å²) in [6.07, 6.45) is 6.97. The first-order valence-corrected chi connectivity index (χ1v) is 14.0. The minimum atomic E-state index is -1.15. The smallest absolute Gasteiger partial charge is 0.235 e. The summed E-state index contributed by atoms with van der Waals surface area (Å²) in [5.74, 6) is -0.822. The van der Waals surface area contributed by atoms with Crippen molar-refractivity contribution in [3.05, 3.63) is 35.9 Å². The third kappa shape index (κ3) is 6.90. The highest BCUT2D eigenvalue weighted by molar-refractivity contribution is 6.04. The molecule has 1 aromatic rings. The van der Waals surface area contributed by atoms with Crippen LogP contribution in [0.3, 0.4) is 0 Å². The van der Waals surface area contributed by atoms with Gasteiger partial charge >= 0.3 is 0 Å². The number of carbonyl (C=O) groups is 3. The highest BCUT2D eigenvalue weighted by atomic mass is 16.5. The lowest BCUT2D eigenvalue weighted by Gasteiger charge is -2.41. The van der Waals surface area contributed by atoms with E-state index in [0.717, 1.165) is 82.9 Å². The van der Waals surface area contributed by atoms with Gasteiger partial charge in [-0.3, -0.25) is 14.4 Å². The van der Waals surface area contributed by atoms with E-state index < -0.39 is 17.2 Å². The van der Waals surface area contributed by atoms with Crippen LogP contribution >= 0.6 is 0 Å². The first kappa shape index (κ1) is 27.6. The molecule has 3 aliphatic rings. The number of nitrogens with two attached hydrogens (primary N) is 1. The lowest BCUT2D eigenvalue weighted by atomic mass is 9.79. The quantitative estimate of drug-likeness (QED) is 0.417. The fraction of sp³-hybridized carbons (Fsp3) is 0.690. The van der Waals surface area contributed by atoms with E-state index in [4.69, 9.17) is 10.5 Å². The molecule has 1 saturated carbocycles. The lowest BCUT2D eigenvalue weighted by molar-refractivity contribution is -0.141. The Hall–Kier alpha value is -2.45. The van der Waals surface area contributed by atoms with Crippen molar-refractivity contribution >= 4 is 17.7 Å². The first-order valence-electron chi connectivity index (χ1n) is 14.0. The summed E-state index contributed by atoms with van der Waals surface area (Å²) in [7, 11) is 0. The number of benzene rings is 1. The normalized spacial score (nSPS) is 22.7. The summed E-state index contributed by atoms with van der Waals surface area (Å²) >= 11 is 0. The fourth-order valence-electron chi connectivity index (χ4n) is 6.15. The Morgan fingerprint density at radius 1 is 1.03 bits per heavy atom. The van der Waals surface area contributed by atoms with Crippen molar-refractivity contribution in [2.75, 3.05) is 45.9 Å². The number of primary amides is 1. The van der Waals surface area contributed by atoms with Crippen LogP contribution < -0.4 is 16.4 Å². The molecule has 1 aromatic carbocycles. The van der Waals surface area contributed by atoms with Gasteiger partial charge in [0.1, 0.15) is 5.41 Å². The predicted molar refractivity (Wildman–Crippen MR) is 143 cm³/mol. The third-order valence-electron chi connectivity index (χ3n) is 8.96. The molecule has 1 atom stereocenters. The number of likely N-dealkylation sites (tertiary alicyclic amines) is 1. The minimum Gasteiger partial charge on any atom is -0.381 e. The van der Waals surface area contributed by atoms with Crippen LogP contribution in [0, 0.1) is 16.7 Å². The van der Waals surface area contributed by atoms with Crippen molar-refractivity contribution in [2.24, 2.45) is 22.5 Å².